The molecule has 7 nitrogen and oxygen atoms in total. The lowest BCUT2D eigenvalue weighted by atomic mass is 9.95. The summed E-state index contributed by atoms with van der Waals surface area (Å²) in [6.07, 6.45) is 1.60. The normalized spacial score (nSPS) is 19.8. The number of carbonyl (C=O) groups excluding carboxylic acids is 2. The third-order valence-corrected chi connectivity index (χ3v) is 5.70. The fourth-order valence-electron chi connectivity index (χ4n) is 4.03. The van der Waals surface area contributed by atoms with Crippen LogP contribution in [0.3, 0.4) is 0 Å². The zero-order chi connectivity index (χ0) is 18.7. The van der Waals surface area contributed by atoms with Gasteiger partial charge in [0.05, 0.1) is 12.2 Å². The molecule has 0 bridgehead atoms. The lowest BCUT2D eigenvalue weighted by Gasteiger charge is -2.38. The fourth-order valence-corrected chi connectivity index (χ4v) is 4.03. The molecule has 0 radical (unpaired) electrons. The van der Waals surface area contributed by atoms with Crippen LogP contribution in [0.5, 0.6) is 0 Å². The molecular formula is C19H31N5O2. The number of amides is 2. The Balaban J connectivity index is 1.41. The van der Waals surface area contributed by atoms with E-state index in [0.29, 0.717) is 13.1 Å². The van der Waals surface area contributed by atoms with Crippen LogP contribution in [0.2, 0.25) is 0 Å². The Morgan fingerprint density at radius 2 is 1.65 bits per heavy atom. The third-order valence-electron chi connectivity index (χ3n) is 5.70. The van der Waals surface area contributed by atoms with E-state index in [0.717, 1.165) is 57.8 Å². The molecule has 2 aliphatic heterocycles. The molecule has 3 rings (SSSR count). The molecule has 2 saturated heterocycles. The molecule has 2 aliphatic rings. The number of hydrogen-bond acceptors (Lipinski definition) is 4. The van der Waals surface area contributed by atoms with Crippen molar-refractivity contribution in [2.75, 3.05) is 45.8 Å². The van der Waals surface area contributed by atoms with Crippen molar-refractivity contribution in [3.8, 4) is 0 Å². The van der Waals surface area contributed by atoms with Crippen LogP contribution >= 0.6 is 0 Å². The highest BCUT2D eigenvalue weighted by Crippen LogP contribution is 2.20. The molecule has 0 unspecified atom stereocenters. The average molecular weight is 361 g/mol. The second-order valence-electron chi connectivity index (χ2n) is 7.60. The van der Waals surface area contributed by atoms with E-state index in [4.69, 9.17) is 0 Å². The number of carbonyl (C=O) groups is 2. The summed E-state index contributed by atoms with van der Waals surface area (Å²) in [5.74, 6) is 0.491. The number of nitrogens with zero attached hydrogens (tertiary/aromatic N) is 5. The molecule has 2 amide bonds. The van der Waals surface area contributed by atoms with Crippen LogP contribution < -0.4 is 0 Å². The van der Waals surface area contributed by atoms with E-state index < -0.39 is 0 Å². The number of aryl methyl sites for hydroxylation is 2. The summed E-state index contributed by atoms with van der Waals surface area (Å²) in [6.45, 7) is 12.5. The van der Waals surface area contributed by atoms with Gasteiger partial charge in [-0.25, -0.2) is 0 Å². The van der Waals surface area contributed by atoms with Crippen molar-refractivity contribution in [2.45, 2.75) is 40.2 Å². The largest absolute Gasteiger partial charge is 0.343 e. The number of likely N-dealkylation sites (tertiary alicyclic amines) is 1. The van der Waals surface area contributed by atoms with Gasteiger partial charge in [0.15, 0.2) is 0 Å². The van der Waals surface area contributed by atoms with Crippen LogP contribution in [-0.2, 0) is 16.1 Å². The van der Waals surface area contributed by atoms with Gasteiger partial charge in [0.25, 0.3) is 0 Å². The summed E-state index contributed by atoms with van der Waals surface area (Å²) in [5.41, 5.74) is 2.27. The number of hydrogen-bond donors (Lipinski definition) is 0. The van der Waals surface area contributed by atoms with E-state index in [-0.39, 0.29) is 17.7 Å². The van der Waals surface area contributed by atoms with Crippen LogP contribution in [0, 0.1) is 19.8 Å². The van der Waals surface area contributed by atoms with Crippen LogP contribution in [0.15, 0.2) is 6.07 Å². The zero-order valence-corrected chi connectivity index (χ0v) is 16.3. The molecule has 0 aliphatic carbocycles. The SMILES string of the molecule is CC(=O)N1CCC(C(=O)N2CCN(CCn3nc(C)cc3C)CC2)CC1. The van der Waals surface area contributed by atoms with Crippen LogP contribution in [-0.4, -0.2) is 82.1 Å². The number of piperidine rings is 1. The molecule has 2 fully saturated rings. The standard InChI is InChI=1S/C19H31N5O2/c1-15-14-16(2)24(20-15)13-10-21-8-11-23(12-9-21)19(26)18-4-6-22(7-5-18)17(3)25/h14,18H,4-13H2,1-3H3. The monoisotopic (exact) mass is 361 g/mol. The first-order valence-corrected chi connectivity index (χ1v) is 9.72. The first kappa shape index (κ1) is 18.9. The van der Waals surface area contributed by atoms with E-state index in [1.54, 1.807) is 6.92 Å². The Morgan fingerprint density at radius 1 is 1.00 bits per heavy atom. The molecule has 3 heterocycles. The van der Waals surface area contributed by atoms with Crippen molar-refractivity contribution in [3.05, 3.63) is 17.5 Å². The molecule has 0 spiro atoms. The van der Waals surface area contributed by atoms with E-state index in [1.807, 2.05) is 16.7 Å². The Kier molecular flexibility index (Phi) is 5.96. The maximum absolute atomic E-state index is 12.8. The Bertz CT molecular complexity index is 640. The smallest absolute Gasteiger partial charge is 0.225 e. The van der Waals surface area contributed by atoms with Crippen LogP contribution in [0.4, 0.5) is 0 Å². The summed E-state index contributed by atoms with van der Waals surface area (Å²) in [7, 11) is 0. The van der Waals surface area contributed by atoms with Crippen LogP contribution in [0.25, 0.3) is 0 Å². The van der Waals surface area contributed by atoms with Gasteiger partial charge in [-0.05, 0) is 32.8 Å². The fraction of sp³-hybridized carbons (Fsp3) is 0.737. The molecule has 144 valence electrons. The number of aromatic nitrogens is 2. The van der Waals surface area contributed by atoms with E-state index in [9.17, 15) is 9.59 Å². The predicted molar refractivity (Wildman–Crippen MR) is 99.7 cm³/mol. The number of rotatable bonds is 4. The van der Waals surface area contributed by atoms with Gasteiger partial charge in [-0.2, -0.15) is 5.10 Å². The van der Waals surface area contributed by atoms with Gasteiger partial charge in [0, 0.05) is 64.3 Å². The Morgan fingerprint density at radius 3 is 2.19 bits per heavy atom. The molecule has 0 atom stereocenters. The molecule has 0 aromatic carbocycles. The van der Waals surface area contributed by atoms with Crippen molar-refractivity contribution in [1.82, 2.24) is 24.5 Å². The van der Waals surface area contributed by atoms with E-state index >= 15 is 0 Å². The Hall–Kier alpha value is -1.89. The third kappa shape index (κ3) is 4.44. The first-order chi connectivity index (χ1) is 12.4. The van der Waals surface area contributed by atoms with Gasteiger partial charge >= 0.3 is 0 Å². The molecule has 0 saturated carbocycles. The van der Waals surface area contributed by atoms with E-state index in [1.165, 1.54) is 5.69 Å². The molecule has 1 aromatic heterocycles. The van der Waals surface area contributed by atoms with Gasteiger partial charge < -0.3 is 9.80 Å². The minimum absolute atomic E-state index is 0.0897. The summed E-state index contributed by atoms with van der Waals surface area (Å²) < 4.78 is 2.07. The summed E-state index contributed by atoms with van der Waals surface area (Å²) >= 11 is 0. The van der Waals surface area contributed by atoms with Gasteiger partial charge in [0.1, 0.15) is 0 Å². The highest BCUT2D eigenvalue weighted by atomic mass is 16.2. The van der Waals surface area contributed by atoms with Gasteiger partial charge in [-0.15, -0.1) is 0 Å². The molecule has 1 aromatic rings. The highest BCUT2D eigenvalue weighted by Gasteiger charge is 2.30. The van der Waals surface area contributed by atoms with Crippen molar-refractivity contribution in [1.29, 1.82) is 0 Å². The topological polar surface area (TPSA) is 61.7 Å². The van der Waals surface area contributed by atoms with Gasteiger partial charge in [-0.1, -0.05) is 0 Å². The zero-order valence-electron chi connectivity index (χ0n) is 16.3. The quantitative estimate of drug-likeness (QED) is 0.800. The van der Waals surface area contributed by atoms with Crippen molar-refractivity contribution in [2.24, 2.45) is 5.92 Å². The lowest BCUT2D eigenvalue weighted by molar-refractivity contribution is -0.141. The van der Waals surface area contributed by atoms with Crippen molar-refractivity contribution < 1.29 is 9.59 Å². The molecule has 7 heteroatoms. The Labute approximate surface area is 155 Å². The number of piperazine rings is 1. The van der Waals surface area contributed by atoms with Crippen molar-refractivity contribution >= 4 is 11.8 Å². The minimum atomic E-state index is 0.0897. The maximum atomic E-state index is 12.8. The molecular weight excluding hydrogens is 330 g/mol. The van der Waals surface area contributed by atoms with Crippen molar-refractivity contribution in [3.63, 3.8) is 0 Å². The summed E-state index contributed by atoms with van der Waals surface area (Å²) in [5, 5.41) is 4.51. The first-order valence-electron chi connectivity index (χ1n) is 9.72. The lowest BCUT2D eigenvalue weighted by Crippen LogP contribution is -2.52. The van der Waals surface area contributed by atoms with Gasteiger partial charge in [0.2, 0.25) is 11.8 Å². The maximum Gasteiger partial charge on any atom is 0.225 e. The van der Waals surface area contributed by atoms with E-state index in [2.05, 4.69) is 27.7 Å². The minimum Gasteiger partial charge on any atom is -0.343 e. The predicted octanol–water partition coefficient (Wildman–Crippen LogP) is 0.903. The average Bonchev–Trinajstić information content (AvgIpc) is 2.97. The molecule has 0 N–H and O–H groups in total. The highest BCUT2D eigenvalue weighted by molar-refractivity contribution is 5.79. The van der Waals surface area contributed by atoms with Crippen LogP contribution in [0.1, 0.15) is 31.2 Å². The summed E-state index contributed by atoms with van der Waals surface area (Å²) in [4.78, 5) is 30.5. The van der Waals surface area contributed by atoms with Gasteiger partial charge in [-0.3, -0.25) is 19.2 Å². The summed E-state index contributed by atoms with van der Waals surface area (Å²) in [6, 6.07) is 2.11. The second kappa shape index (κ2) is 8.20. The second-order valence-corrected chi connectivity index (χ2v) is 7.60. The molecule has 26 heavy (non-hydrogen) atoms.